The van der Waals surface area contributed by atoms with Crippen molar-refractivity contribution in [3.63, 3.8) is 0 Å². The third kappa shape index (κ3) is 3.86. The van der Waals surface area contributed by atoms with Crippen molar-refractivity contribution in [3.8, 4) is 5.75 Å². The highest BCUT2D eigenvalue weighted by atomic mass is 16.5. The summed E-state index contributed by atoms with van der Waals surface area (Å²) < 4.78 is 11.3. The maximum atomic E-state index is 6.18. The fourth-order valence-electron chi connectivity index (χ4n) is 4.34. The Morgan fingerprint density at radius 1 is 1.06 bits per heavy atom. The number of piperazine rings is 1. The SMILES string of the molecule is CC1(Oc2ccc3c(c2)C(c2cc(N4CCN(Cc5cocn5)CC4)ncn2)=NC3)CC1. The molecule has 0 atom stereocenters. The minimum atomic E-state index is 0.00204. The number of aliphatic imine (C=N–C) groups is 1. The minimum Gasteiger partial charge on any atom is -0.488 e. The van der Waals surface area contributed by atoms with Crippen LogP contribution in [0.15, 0.2) is 52.7 Å². The molecule has 1 saturated carbocycles. The number of fused-ring (bicyclic) bond motifs is 1. The van der Waals surface area contributed by atoms with Crippen LogP contribution in [0.3, 0.4) is 0 Å². The highest BCUT2D eigenvalue weighted by Gasteiger charge is 2.40. The van der Waals surface area contributed by atoms with E-state index in [1.165, 1.54) is 12.0 Å². The molecule has 2 aromatic heterocycles. The number of oxazole rings is 1. The van der Waals surface area contributed by atoms with Gasteiger partial charge in [0.15, 0.2) is 6.39 Å². The van der Waals surface area contributed by atoms with Gasteiger partial charge in [0.05, 0.1) is 23.6 Å². The third-order valence-electron chi connectivity index (χ3n) is 6.52. The van der Waals surface area contributed by atoms with Gasteiger partial charge < -0.3 is 14.1 Å². The molecular weight excluding hydrogens is 404 g/mol. The number of hydrogen-bond acceptors (Lipinski definition) is 8. The van der Waals surface area contributed by atoms with E-state index in [9.17, 15) is 0 Å². The van der Waals surface area contributed by atoms with E-state index in [4.69, 9.17) is 14.1 Å². The summed E-state index contributed by atoms with van der Waals surface area (Å²) in [5.41, 5.74) is 5.11. The van der Waals surface area contributed by atoms with Gasteiger partial charge in [-0.1, -0.05) is 6.07 Å². The fraction of sp³-hybridized carbons (Fsp3) is 0.417. The van der Waals surface area contributed by atoms with Crippen LogP contribution in [0.2, 0.25) is 0 Å². The molecule has 1 saturated heterocycles. The topological polar surface area (TPSA) is 79.9 Å². The highest BCUT2D eigenvalue weighted by Crippen LogP contribution is 2.40. The van der Waals surface area contributed by atoms with Gasteiger partial charge in [0.25, 0.3) is 0 Å². The predicted molar refractivity (Wildman–Crippen MR) is 120 cm³/mol. The van der Waals surface area contributed by atoms with Crippen LogP contribution < -0.4 is 9.64 Å². The summed E-state index contributed by atoms with van der Waals surface area (Å²) in [5.74, 6) is 1.86. The van der Waals surface area contributed by atoms with E-state index >= 15 is 0 Å². The fourth-order valence-corrected chi connectivity index (χ4v) is 4.34. The number of rotatable bonds is 6. The molecule has 0 N–H and O–H groups in total. The maximum Gasteiger partial charge on any atom is 0.180 e. The summed E-state index contributed by atoms with van der Waals surface area (Å²) in [6.07, 6.45) is 7.08. The van der Waals surface area contributed by atoms with Gasteiger partial charge in [-0.3, -0.25) is 9.89 Å². The smallest absolute Gasteiger partial charge is 0.180 e. The molecule has 2 fully saturated rings. The lowest BCUT2D eigenvalue weighted by atomic mass is 10.0. The monoisotopic (exact) mass is 430 g/mol. The van der Waals surface area contributed by atoms with Crippen LogP contribution in [0.1, 0.15) is 42.3 Å². The Hall–Kier alpha value is -3.26. The molecule has 0 amide bonds. The zero-order valence-corrected chi connectivity index (χ0v) is 18.2. The zero-order valence-electron chi connectivity index (χ0n) is 18.2. The maximum absolute atomic E-state index is 6.18. The highest BCUT2D eigenvalue weighted by molar-refractivity contribution is 6.14. The number of nitrogens with zero attached hydrogens (tertiary/aromatic N) is 6. The van der Waals surface area contributed by atoms with Crippen LogP contribution >= 0.6 is 0 Å². The van der Waals surface area contributed by atoms with Crippen molar-refractivity contribution >= 4 is 11.5 Å². The molecule has 6 rings (SSSR count). The molecule has 32 heavy (non-hydrogen) atoms. The van der Waals surface area contributed by atoms with Crippen LogP contribution in [-0.2, 0) is 13.1 Å². The summed E-state index contributed by atoms with van der Waals surface area (Å²) in [5, 5.41) is 0. The molecular formula is C24H26N6O2. The van der Waals surface area contributed by atoms with Crippen LogP contribution in [0.4, 0.5) is 5.82 Å². The Kier molecular flexibility index (Phi) is 4.68. The van der Waals surface area contributed by atoms with Crippen molar-refractivity contribution in [2.45, 2.75) is 38.5 Å². The van der Waals surface area contributed by atoms with Crippen molar-refractivity contribution in [1.82, 2.24) is 19.9 Å². The largest absolute Gasteiger partial charge is 0.488 e. The molecule has 4 heterocycles. The van der Waals surface area contributed by atoms with Gasteiger partial charge in [0.2, 0.25) is 0 Å². The predicted octanol–water partition coefficient (Wildman–Crippen LogP) is 3.07. The molecule has 0 bridgehead atoms. The van der Waals surface area contributed by atoms with E-state index in [0.29, 0.717) is 6.54 Å². The molecule has 1 aromatic carbocycles. The number of anilines is 1. The summed E-state index contributed by atoms with van der Waals surface area (Å²) in [6.45, 7) is 7.39. The summed E-state index contributed by atoms with van der Waals surface area (Å²) in [7, 11) is 0. The van der Waals surface area contributed by atoms with Crippen LogP contribution in [-0.4, -0.2) is 57.3 Å². The van der Waals surface area contributed by atoms with Crippen molar-refractivity contribution < 1.29 is 9.15 Å². The molecule has 164 valence electrons. The first kappa shape index (κ1) is 19.4. The van der Waals surface area contributed by atoms with Gasteiger partial charge in [-0.2, -0.15) is 0 Å². The molecule has 0 spiro atoms. The normalized spacial score (nSPS) is 19.5. The quantitative estimate of drug-likeness (QED) is 0.595. The second kappa shape index (κ2) is 7.70. The van der Waals surface area contributed by atoms with E-state index < -0.39 is 0 Å². The van der Waals surface area contributed by atoms with Crippen LogP contribution in [0.5, 0.6) is 5.75 Å². The number of ether oxygens (including phenoxy) is 1. The Balaban J connectivity index is 1.17. The molecule has 0 radical (unpaired) electrons. The Bertz CT molecular complexity index is 1150. The third-order valence-corrected chi connectivity index (χ3v) is 6.52. The minimum absolute atomic E-state index is 0.00204. The van der Waals surface area contributed by atoms with Gasteiger partial charge in [-0.15, -0.1) is 0 Å². The lowest BCUT2D eigenvalue weighted by Crippen LogP contribution is -2.46. The number of hydrogen-bond donors (Lipinski definition) is 0. The lowest BCUT2D eigenvalue weighted by Gasteiger charge is -2.35. The Morgan fingerprint density at radius 2 is 1.94 bits per heavy atom. The summed E-state index contributed by atoms with van der Waals surface area (Å²) in [6, 6.07) is 8.38. The molecule has 3 aliphatic rings. The van der Waals surface area contributed by atoms with Crippen molar-refractivity contribution in [3.05, 3.63) is 65.8 Å². The van der Waals surface area contributed by atoms with E-state index in [1.54, 1.807) is 12.6 Å². The number of aromatic nitrogens is 3. The summed E-state index contributed by atoms with van der Waals surface area (Å²) in [4.78, 5) is 22.8. The standard InChI is InChI=1S/C24H26N6O2/c1-24(4-5-24)32-19-3-2-17-12-25-23(20(17)10-19)21-11-22(27-15-26-21)30-8-6-29(7-9-30)13-18-14-31-16-28-18/h2-3,10-11,14-16H,4-9,12-13H2,1H3. The van der Waals surface area contributed by atoms with E-state index in [2.05, 4.69) is 55.9 Å². The first-order valence-corrected chi connectivity index (χ1v) is 11.2. The second-order valence-electron chi connectivity index (χ2n) is 9.04. The van der Waals surface area contributed by atoms with Crippen molar-refractivity contribution in [2.75, 3.05) is 31.1 Å². The zero-order chi connectivity index (χ0) is 21.5. The lowest BCUT2D eigenvalue weighted by molar-refractivity contribution is 0.200. The van der Waals surface area contributed by atoms with Gasteiger partial charge in [-0.05, 0) is 37.5 Å². The Labute approximate surface area is 187 Å². The Morgan fingerprint density at radius 3 is 2.72 bits per heavy atom. The molecule has 2 aliphatic heterocycles. The molecule has 0 unspecified atom stereocenters. The van der Waals surface area contributed by atoms with Crippen LogP contribution in [0, 0.1) is 0 Å². The molecule has 8 heteroatoms. The van der Waals surface area contributed by atoms with Crippen molar-refractivity contribution in [1.29, 1.82) is 0 Å². The molecule has 1 aliphatic carbocycles. The molecule has 3 aromatic rings. The average Bonchev–Trinajstić information content (AvgIpc) is 3.18. The van der Waals surface area contributed by atoms with Gasteiger partial charge >= 0.3 is 0 Å². The van der Waals surface area contributed by atoms with E-state index in [1.807, 2.05) is 0 Å². The van der Waals surface area contributed by atoms with Gasteiger partial charge in [0, 0.05) is 44.4 Å². The van der Waals surface area contributed by atoms with E-state index in [-0.39, 0.29) is 5.60 Å². The van der Waals surface area contributed by atoms with Crippen molar-refractivity contribution in [2.24, 2.45) is 4.99 Å². The second-order valence-corrected chi connectivity index (χ2v) is 9.04. The first-order chi connectivity index (χ1) is 15.7. The van der Waals surface area contributed by atoms with Gasteiger partial charge in [-0.25, -0.2) is 15.0 Å². The van der Waals surface area contributed by atoms with Gasteiger partial charge in [0.1, 0.15) is 29.8 Å². The summed E-state index contributed by atoms with van der Waals surface area (Å²) >= 11 is 0. The first-order valence-electron chi connectivity index (χ1n) is 11.2. The number of benzene rings is 1. The van der Waals surface area contributed by atoms with E-state index in [0.717, 1.165) is 79.8 Å². The average molecular weight is 431 g/mol. The molecule has 8 nitrogen and oxygen atoms in total. The van der Waals surface area contributed by atoms with Crippen LogP contribution in [0.25, 0.3) is 0 Å².